The van der Waals surface area contributed by atoms with E-state index in [2.05, 4.69) is 51.7 Å². The monoisotopic (exact) mass is 381 g/mol. The number of aromatic nitrogens is 1. The van der Waals surface area contributed by atoms with Gasteiger partial charge >= 0.3 is 0 Å². The minimum Gasteiger partial charge on any atom is -0.379 e. The number of pyridine rings is 1. The van der Waals surface area contributed by atoms with Gasteiger partial charge < -0.3 is 15.4 Å². The van der Waals surface area contributed by atoms with E-state index in [1.807, 2.05) is 24.4 Å². The van der Waals surface area contributed by atoms with Crippen LogP contribution in [0.2, 0.25) is 0 Å². The van der Waals surface area contributed by atoms with Crippen molar-refractivity contribution in [2.75, 3.05) is 39.4 Å². The van der Waals surface area contributed by atoms with Crippen LogP contribution in [0.15, 0.2) is 53.7 Å². The lowest BCUT2D eigenvalue weighted by atomic mass is 10.1. The topological polar surface area (TPSA) is 61.8 Å². The van der Waals surface area contributed by atoms with Crippen molar-refractivity contribution in [1.29, 1.82) is 0 Å². The van der Waals surface area contributed by atoms with Crippen molar-refractivity contribution in [1.82, 2.24) is 20.5 Å². The van der Waals surface area contributed by atoms with Gasteiger partial charge in [-0.25, -0.2) is 4.99 Å². The number of guanidine groups is 1. The molecule has 28 heavy (non-hydrogen) atoms. The summed E-state index contributed by atoms with van der Waals surface area (Å²) in [5.41, 5.74) is 3.64. The predicted octanol–water partition coefficient (Wildman–Crippen LogP) is 2.21. The number of rotatable bonds is 8. The van der Waals surface area contributed by atoms with Crippen LogP contribution < -0.4 is 10.6 Å². The first-order valence-corrected chi connectivity index (χ1v) is 10.1. The first kappa shape index (κ1) is 20.3. The Morgan fingerprint density at radius 2 is 1.86 bits per heavy atom. The molecule has 0 bridgehead atoms. The van der Waals surface area contributed by atoms with Crippen LogP contribution in [0.25, 0.3) is 0 Å². The van der Waals surface area contributed by atoms with Crippen molar-refractivity contribution >= 4 is 5.96 Å². The molecule has 2 aromatic rings. The van der Waals surface area contributed by atoms with E-state index in [1.54, 1.807) is 0 Å². The zero-order valence-electron chi connectivity index (χ0n) is 16.7. The third-order valence-electron chi connectivity index (χ3n) is 4.70. The Hall–Kier alpha value is -2.44. The highest BCUT2D eigenvalue weighted by atomic mass is 16.5. The Balaban J connectivity index is 1.47. The van der Waals surface area contributed by atoms with E-state index >= 15 is 0 Å². The predicted molar refractivity (Wildman–Crippen MR) is 113 cm³/mol. The fourth-order valence-electron chi connectivity index (χ4n) is 3.13. The number of hydrogen-bond acceptors (Lipinski definition) is 4. The quantitative estimate of drug-likeness (QED) is 0.542. The summed E-state index contributed by atoms with van der Waals surface area (Å²) < 4.78 is 5.41. The van der Waals surface area contributed by atoms with Crippen LogP contribution in [-0.4, -0.2) is 55.2 Å². The van der Waals surface area contributed by atoms with Crippen LogP contribution in [0.5, 0.6) is 0 Å². The molecule has 3 rings (SSSR count). The summed E-state index contributed by atoms with van der Waals surface area (Å²) in [7, 11) is 0. The molecule has 0 amide bonds. The Morgan fingerprint density at radius 3 is 2.57 bits per heavy atom. The zero-order valence-corrected chi connectivity index (χ0v) is 16.7. The summed E-state index contributed by atoms with van der Waals surface area (Å²) in [6, 6.07) is 14.8. The molecule has 0 aliphatic carbocycles. The van der Waals surface area contributed by atoms with E-state index in [4.69, 9.17) is 9.73 Å². The maximum atomic E-state index is 5.41. The summed E-state index contributed by atoms with van der Waals surface area (Å²) in [5.74, 6) is 0.843. The SMILES string of the molecule is CCNC(=NCc1ccc(CN2CCOCC2)cc1)NCCc1ccccn1. The van der Waals surface area contributed by atoms with Gasteiger partial charge in [-0.15, -0.1) is 0 Å². The van der Waals surface area contributed by atoms with Gasteiger partial charge in [0.15, 0.2) is 5.96 Å². The van der Waals surface area contributed by atoms with E-state index in [-0.39, 0.29) is 0 Å². The number of morpholine rings is 1. The molecule has 1 saturated heterocycles. The van der Waals surface area contributed by atoms with Crippen molar-refractivity contribution in [2.45, 2.75) is 26.4 Å². The maximum Gasteiger partial charge on any atom is 0.191 e. The summed E-state index contributed by atoms with van der Waals surface area (Å²) in [4.78, 5) is 11.5. The molecule has 1 aromatic heterocycles. The molecule has 1 aromatic carbocycles. The zero-order chi connectivity index (χ0) is 19.4. The fourth-order valence-corrected chi connectivity index (χ4v) is 3.13. The van der Waals surface area contributed by atoms with Gasteiger partial charge in [-0.3, -0.25) is 9.88 Å². The molecule has 0 unspecified atom stereocenters. The smallest absolute Gasteiger partial charge is 0.191 e. The molecule has 6 nitrogen and oxygen atoms in total. The van der Waals surface area contributed by atoms with Gasteiger partial charge in [0, 0.05) is 51.0 Å². The van der Waals surface area contributed by atoms with E-state index in [0.29, 0.717) is 6.54 Å². The second-order valence-corrected chi connectivity index (χ2v) is 6.90. The molecule has 1 aliphatic rings. The summed E-state index contributed by atoms with van der Waals surface area (Å²) in [6.45, 7) is 9.10. The minimum atomic E-state index is 0.663. The number of ether oxygens (including phenoxy) is 1. The molecular weight excluding hydrogens is 350 g/mol. The number of aliphatic imine (C=N–C) groups is 1. The molecule has 0 radical (unpaired) electrons. The van der Waals surface area contributed by atoms with Gasteiger partial charge in [0.2, 0.25) is 0 Å². The molecule has 1 aliphatic heterocycles. The van der Waals surface area contributed by atoms with Crippen LogP contribution in [0, 0.1) is 0 Å². The van der Waals surface area contributed by atoms with Gasteiger partial charge in [0.25, 0.3) is 0 Å². The molecule has 1 fully saturated rings. The lowest BCUT2D eigenvalue weighted by Crippen LogP contribution is -2.38. The van der Waals surface area contributed by atoms with Gasteiger partial charge in [0.1, 0.15) is 0 Å². The van der Waals surface area contributed by atoms with Gasteiger partial charge in [-0.1, -0.05) is 30.3 Å². The Bertz CT molecular complexity index is 711. The van der Waals surface area contributed by atoms with Gasteiger partial charge in [0.05, 0.1) is 19.8 Å². The molecule has 2 heterocycles. The van der Waals surface area contributed by atoms with E-state index in [1.165, 1.54) is 11.1 Å². The lowest BCUT2D eigenvalue weighted by molar-refractivity contribution is 0.0342. The third kappa shape index (κ3) is 6.94. The molecule has 0 saturated carbocycles. The number of hydrogen-bond donors (Lipinski definition) is 2. The largest absolute Gasteiger partial charge is 0.379 e. The lowest BCUT2D eigenvalue weighted by Gasteiger charge is -2.26. The highest BCUT2D eigenvalue weighted by Crippen LogP contribution is 2.10. The molecule has 0 atom stereocenters. The summed E-state index contributed by atoms with van der Waals surface area (Å²) in [5, 5.41) is 6.69. The average molecular weight is 382 g/mol. The molecule has 2 N–H and O–H groups in total. The first-order chi connectivity index (χ1) is 13.8. The maximum absolute atomic E-state index is 5.41. The second kappa shape index (κ2) is 11.4. The van der Waals surface area contributed by atoms with Crippen molar-refractivity contribution in [3.63, 3.8) is 0 Å². The van der Waals surface area contributed by atoms with E-state index < -0.39 is 0 Å². The van der Waals surface area contributed by atoms with Crippen molar-refractivity contribution in [3.05, 3.63) is 65.5 Å². The van der Waals surface area contributed by atoms with Crippen LogP contribution in [-0.2, 0) is 24.2 Å². The third-order valence-corrected chi connectivity index (χ3v) is 4.70. The normalized spacial score (nSPS) is 15.4. The van der Waals surface area contributed by atoms with Crippen LogP contribution in [0.1, 0.15) is 23.7 Å². The van der Waals surface area contributed by atoms with E-state index in [9.17, 15) is 0 Å². The van der Waals surface area contributed by atoms with Gasteiger partial charge in [-0.2, -0.15) is 0 Å². The number of benzene rings is 1. The first-order valence-electron chi connectivity index (χ1n) is 10.1. The molecule has 150 valence electrons. The average Bonchev–Trinajstić information content (AvgIpc) is 2.74. The van der Waals surface area contributed by atoms with Crippen LogP contribution >= 0.6 is 0 Å². The van der Waals surface area contributed by atoms with Crippen LogP contribution in [0.3, 0.4) is 0 Å². The highest BCUT2D eigenvalue weighted by molar-refractivity contribution is 5.79. The molecular formula is C22H31N5O. The van der Waals surface area contributed by atoms with Crippen molar-refractivity contribution in [2.24, 2.45) is 4.99 Å². The summed E-state index contributed by atoms with van der Waals surface area (Å²) in [6.07, 6.45) is 2.71. The number of nitrogens with zero attached hydrogens (tertiary/aromatic N) is 3. The second-order valence-electron chi connectivity index (χ2n) is 6.90. The molecule has 6 heteroatoms. The molecule has 0 spiro atoms. The van der Waals surface area contributed by atoms with Crippen LogP contribution in [0.4, 0.5) is 0 Å². The van der Waals surface area contributed by atoms with Crippen molar-refractivity contribution in [3.8, 4) is 0 Å². The fraction of sp³-hybridized carbons (Fsp3) is 0.455. The standard InChI is InChI=1S/C22H31N5O/c1-2-23-22(25-12-10-21-5-3-4-11-24-21)26-17-19-6-8-20(9-7-19)18-27-13-15-28-16-14-27/h3-9,11H,2,10,12-18H2,1H3,(H2,23,25,26). The Labute approximate surface area is 168 Å². The minimum absolute atomic E-state index is 0.663. The van der Waals surface area contributed by atoms with E-state index in [0.717, 1.165) is 64.0 Å². The summed E-state index contributed by atoms with van der Waals surface area (Å²) >= 11 is 0. The van der Waals surface area contributed by atoms with Gasteiger partial charge in [-0.05, 0) is 30.2 Å². The highest BCUT2D eigenvalue weighted by Gasteiger charge is 2.10. The Morgan fingerprint density at radius 1 is 1.07 bits per heavy atom. The number of nitrogens with one attached hydrogen (secondary N) is 2. The Kier molecular flexibility index (Phi) is 8.27. The van der Waals surface area contributed by atoms with Crippen molar-refractivity contribution < 1.29 is 4.74 Å².